The van der Waals surface area contributed by atoms with Crippen LogP contribution in [0.5, 0.6) is 0 Å². The highest BCUT2D eigenvalue weighted by Gasteiger charge is 2.29. The number of anilines is 1. The minimum Gasteiger partial charge on any atom is -0.477 e. The number of ketones is 1. The van der Waals surface area contributed by atoms with E-state index in [9.17, 15) is 14.4 Å². The van der Waals surface area contributed by atoms with E-state index >= 15 is 0 Å². The zero-order valence-corrected chi connectivity index (χ0v) is 8.21. The molecule has 2 heterocycles. The zero-order valence-electron chi connectivity index (χ0n) is 8.21. The molecular formula is C10H8N2O4. The summed E-state index contributed by atoms with van der Waals surface area (Å²) >= 11 is 0. The van der Waals surface area contributed by atoms with E-state index in [1.165, 1.54) is 23.1 Å². The van der Waals surface area contributed by atoms with Gasteiger partial charge >= 0.3 is 5.97 Å². The number of nitrogens with zero attached hydrogens (tertiary/aromatic N) is 2. The van der Waals surface area contributed by atoms with Crippen LogP contribution in [0.15, 0.2) is 18.2 Å². The molecule has 0 saturated carbocycles. The first-order valence-electron chi connectivity index (χ1n) is 4.60. The average molecular weight is 220 g/mol. The summed E-state index contributed by atoms with van der Waals surface area (Å²) in [5.41, 5.74) is -0.148. The molecule has 16 heavy (non-hydrogen) atoms. The SMILES string of the molecule is O=C1CC(=O)N(c2cccc(C(=O)O)n2)C1. The van der Waals surface area contributed by atoms with Crippen molar-refractivity contribution in [3.05, 3.63) is 23.9 Å². The van der Waals surface area contributed by atoms with Crippen molar-refractivity contribution in [2.75, 3.05) is 11.4 Å². The normalized spacial score (nSPS) is 15.6. The Morgan fingerprint density at radius 2 is 2.12 bits per heavy atom. The van der Waals surface area contributed by atoms with Crippen LogP contribution in [0.25, 0.3) is 0 Å². The number of carboxylic acids is 1. The summed E-state index contributed by atoms with van der Waals surface area (Å²) in [5.74, 6) is -1.50. The van der Waals surface area contributed by atoms with Crippen LogP contribution < -0.4 is 4.90 Å². The van der Waals surface area contributed by atoms with E-state index in [1.807, 2.05) is 0 Å². The van der Waals surface area contributed by atoms with Crippen molar-refractivity contribution in [2.45, 2.75) is 6.42 Å². The Morgan fingerprint density at radius 1 is 1.38 bits per heavy atom. The molecule has 6 heteroatoms. The first-order chi connectivity index (χ1) is 7.58. The van der Waals surface area contributed by atoms with Crippen LogP contribution in [0.3, 0.4) is 0 Å². The lowest BCUT2D eigenvalue weighted by Crippen LogP contribution is -2.26. The third-order valence-corrected chi connectivity index (χ3v) is 2.21. The minimum absolute atomic E-state index is 0.0328. The van der Waals surface area contributed by atoms with E-state index in [0.29, 0.717) is 0 Å². The number of amides is 1. The second-order valence-corrected chi connectivity index (χ2v) is 3.38. The Hall–Kier alpha value is -2.24. The van der Waals surface area contributed by atoms with Crippen LogP contribution in [-0.2, 0) is 9.59 Å². The van der Waals surface area contributed by atoms with Gasteiger partial charge in [0.2, 0.25) is 5.91 Å². The summed E-state index contributed by atoms with van der Waals surface area (Å²) in [6.07, 6.45) is -0.140. The van der Waals surface area contributed by atoms with Crippen molar-refractivity contribution in [3.8, 4) is 0 Å². The van der Waals surface area contributed by atoms with Crippen molar-refractivity contribution >= 4 is 23.5 Å². The number of Topliss-reactive ketones (excluding diaryl/α,β-unsaturated/α-hetero) is 1. The Bertz CT molecular complexity index is 483. The smallest absolute Gasteiger partial charge is 0.354 e. The first kappa shape index (κ1) is 10.3. The van der Waals surface area contributed by atoms with E-state index in [-0.39, 0.29) is 36.2 Å². The molecule has 0 bridgehead atoms. The maximum absolute atomic E-state index is 11.4. The predicted octanol–water partition coefficient (Wildman–Crippen LogP) is 0.0856. The van der Waals surface area contributed by atoms with E-state index in [0.717, 1.165) is 0 Å². The number of hydrogen-bond acceptors (Lipinski definition) is 4. The molecule has 0 radical (unpaired) electrons. The zero-order chi connectivity index (χ0) is 11.7. The fraction of sp³-hybridized carbons (Fsp3) is 0.200. The lowest BCUT2D eigenvalue weighted by Gasteiger charge is -2.13. The van der Waals surface area contributed by atoms with Crippen molar-refractivity contribution in [2.24, 2.45) is 0 Å². The quantitative estimate of drug-likeness (QED) is 0.713. The van der Waals surface area contributed by atoms with Crippen LogP contribution in [0.4, 0.5) is 5.82 Å². The molecule has 2 rings (SSSR count). The Kier molecular flexibility index (Phi) is 2.40. The monoisotopic (exact) mass is 220 g/mol. The number of aromatic nitrogens is 1. The molecule has 0 aromatic carbocycles. The van der Waals surface area contributed by atoms with Crippen LogP contribution in [0, 0.1) is 0 Å². The third kappa shape index (κ3) is 1.77. The number of carbonyl (C=O) groups is 3. The number of hydrogen-bond donors (Lipinski definition) is 1. The van der Waals surface area contributed by atoms with Crippen LogP contribution in [0.1, 0.15) is 16.9 Å². The highest BCUT2D eigenvalue weighted by Crippen LogP contribution is 2.17. The molecule has 0 aliphatic carbocycles. The lowest BCUT2D eigenvalue weighted by atomic mass is 10.3. The molecule has 0 atom stereocenters. The van der Waals surface area contributed by atoms with Gasteiger partial charge in [-0.2, -0.15) is 0 Å². The Morgan fingerprint density at radius 3 is 2.69 bits per heavy atom. The number of carboxylic acid groups (broad SMARTS) is 1. The van der Waals surface area contributed by atoms with Gasteiger partial charge in [0.05, 0.1) is 13.0 Å². The van der Waals surface area contributed by atoms with Gasteiger partial charge in [-0.1, -0.05) is 6.07 Å². The van der Waals surface area contributed by atoms with Crippen LogP contribution >= 0.6 is 0 Å². The van der Waals surface area contributed by atoms with Gasteiger partial charge in [0.25, 0.3) is 0 Å². The van der Waals surface area contributed by atoms with Gasteiger partial charge in [0, 0.05) is 0 Å². The van der Waals surface area contributed by atoms with Crippen molar-refractivity contribution in [1.29, 1.82) is 0 Å². The molecule has 1 saturated heterocycles. The topological polar surface area (TPSA) is 87.6 Å². The summed E-state index contributed by atoms with van der Waals surface area (Å²) in [5, 5.41) is 8.74. The highest BCUT2D eigenvalue weighted by molar-refractivity contribution is 6.14. The molecule has 1 amide bonds. The first-order valence-corrected chi connectivity index (χ1v) is 4.60. The molecule has 0 spiro atoms. The number of aromatic carboxylic acids is 1. The Labute approximate surface area is 90.5 Å². The minimum atomic E-state index is -1.17. The van der Waals surface area contributed by atoms with E-state index in [1.54, 1.807) is 0 Å². The lowest BCUT2D eigenvalue weighted by molar-refractivity contribution is -0.121. The molecule has 1 fully saturated rings. The second-order valence-electron chi connectivity index (χ2n) is 3.38. The van der Waals surface area contributed by atoms with Crippen molar-refractivity contribution in [3.63, 3.8) is 0 Å². The summed E-state index contributed by atoms with van der Waals surface area (Å²) in [6.45, 7) is -0.0328. The molecule has 82 valence electrons. The van der Waals surface area contributed by atoms with Crippen molar-refractivity contribution in [1.82, 2.24) is 4.98 Å². The fourth-order valence-corrected chi connectivity index (χ4v) is 1.49. The van der Waals surface area contributed by atoms with Gasteiger partial charge in [0.15, 0.2) is 11.5 Å². The third-order valence-electron chi connectivity index (χ3n) is 2.21. The number of carbonyl (C=O) groups excluding carboxylic acids is 2. The Balaban J connectivity index is 2.34. The molecule has 1 aromatic heterocycles. The van der Waals surface area contributed by atoms with Gasteiger partial charge < -0.3 is 5.11 Å². The molecule has 6 nitrogen and oxygen atoms in total. The van der Waals surface area contributed by atoms with Gasteiger partial charge in [-0.25, -0.2) is 9.78 Å². The molecule has 1 aromatic rings. The molecule has 1 aliphatic heterocycles. The van der Waals surface area contributed by atoms with Crippen molar-refractivity contribution < 1.29 is 19.5 Å². The van der Waals surface area contributed by atoms with E-state index in [4.69, 9.17) is 5.11 Å². The van der Waals surface area contributed by atoms with Gasteiger partial charge in [0.1, 0.15) is 5.82 Å². The summed E-state index contributed by atoms with van der Waals surface area (Å²) in [4.78, 5) is 38.1. The second kappa shape index (κ2) is 3.73. The fourth-order valence-electron chi connectivity index (χ4n) is 1.49. The molecule has 0 unspecified atom stereocenters. The van der Waals surface area contributed by atoms with Gasteiger partial charge in [-0.3, -0.25) is 14.5 Å². The molecule has 1 aliphatic rings. The van der Waals surface area contributed by atoms with Crippen LogP contribution in [0.2, 0.25) is 0 Å². The summed E-state index contributed by atoms with van der Waals surface area (Å²) in [6, 6.07) is 4.32. The largest absolute Gasteiger partial charge is 0.477 e. The molecular weight excluding hydrogens is 212 g/mol. The van der Waals surface area contributed by atoms with Crippen LogP contribution in [-0.4, -0.2) is 34.3 Å². The molecule has 1 N–H and O–H groups in total. The van der Waals surface area contributed by atoms with E-state index in [2.05, 4.69) is 4.98 Å². The van der Waals surface area contributed by atoms with Gasteiger partial charge in [-0.15, -0.1) is 0 Å². The van der Waals surface area contributed by atoms with Gasteiger partial charge in [-0.05, 0) is 12.1 Å². The number of pyridine rings is 1. The summed E-state index contributed by atoms with van der Waals surface area (Å²) < 4.78 is 0. The van der Waals surface area contributed by atoms with E-state index < -0.39 is 5.97 Å². The number of rotatable bonds is 2. The average Bonchev–Trinajstić information content (AvgIpc) is 2.58. The predicted molar refractivity (Wildman–Crippen MR) is 53.2 cm³/mol. The summed E-state index contributed by atoms with van der Waals surface area (Å²) in [7, 11) is 0. The standard InChI is InChI=1S/C10H8N2O4/c13-6-4-9(14)12(5-6)8-3-1-2-7(11-8)10(15)16/h1-3H,4-5H2,(H,15,16). The maximum atomic E-state index is 11.4. The highest BCUT2D eigenvalue weighted by atomic mass is 16.4. The maximum Gasteiger partial charge on any atom is 0.354 e.